The van der Waals surface area contributed by atoms with E-state index in [0.717, 1.165) is 12.8 Å². The van der Waals surface area contributed by atoms with Crippen molar-refractivity contribution in [3.63, 3.8) is 0 Å². The number of carbonyl (C=O) groups excluding carboxylic acids is 1. The van der Waals surface area contributed by atoms with Crippen LogP contribution in [-0.2, 0) is 9.53 Å². The summed E-state index contributed by atoms with van der Waals surface area (Å²) in [5.41, 5.74) is 5.64. The third kappa shape index (κ3) is 11.2. The van der Waals surface area contributed by atoms with Gasteiger partial charge in [0.25, 0.3) is 0 Å². The summed E-state index contributed by atoms with van der Waals surface area (Å²) < 4.78 is 5.13. The lowest BCUT2D eigenvalue weighted by Gasteiger charge is -2.17. The molecule has 0 fully saturated rings. The van der Waals surface area contributed by atoms with Crippen molar-refractivity contribution in [3.05, 3.63) is 0 Å². The SMILES string of the molecule is CCCCCCCCCCCCOC(=O)C(N)N(C)C. The summed E-state index contributed by atoms with van der Waals surface area (Å²) in [5.74, 6) is -0.328. The fraction of sp³-hybridized carbons (Fsp3) is 0.938. The number of esters is 1. The Hall–Kier alpha value is -0.610. The summed E-state index contributed by atoms with van der Waals surface area (Å²) in [4.78, 5) is 13.1. The molecule has 0 rings (SSSR count). The van der Waals surface area contributed by atoms with Crippen molar-refractivity contribution in [2.24, 2.45) is 5.73 Å². The molecule has 0 aromatic heterocycles. The molecule has 0 spiro atoms. The highest BCUT2D eigenvalue weighted by Gasteiger charge is 2.16. The van der Waals surface area contributed by atoms with E-state index >= 15 is 0 Å². The zero-order valence-electron chi connectivity index (χ0n) is 13.7. The van der Waals surface area contributed by atoms with Gasteiger partial charge in [0.1, 0.15) is 0 Å². The van der Waals surface area contributed by atoms with Crippen molar-refractivity contribution >= 4 is 5.97 Å². The molecule has 0 saturated carbocycles. The number of carbonyl (C=O) groups is 1. The summed E-state index contributed by atoms with van der Waals surface area (Å²) in [6, 6.07) is 0. The highest BCUT2D eigenvalue weighted by Crippen LogP contribution is 2.10. The summed E-state index contributed by atoms with van der Waals surface area (Å²) in [6.45, 7) is 2.75. The van der Waals surface area contributed by atoms with Crippen LogP contribution in [0.1, 0.15) is 71.1 Å². The maximum absolute atomic E-state index is 11.5. The molecule has 120 valence electrons. The number of unbranched alkanes of at least 4 members (excludes halogenated alkanes) is 9. The molecule has 4 heteroatoms. The largest absolute Gasteiger partial charge is 0.464 e. The maximum atomic E-state index is 11.5. The van der Waals surface area contributed by atoms with Crippen LogP contribution in [0, 0.1) is 0 Å². The average molecular weight is 286 g/mol. The molecular weight excluding hydrogens is 252 g/mol. The maximum Gasteiger partial charge on any atom is 0.338 e. The van der Waals surface area contributed by atoms with Gasteiger partial charge in [0.2, 0.25) is 0 Å². The molecule has 0 aliphatic heterocycles. The second-order valence-electron chi connectivity index (χ2n) is 5.76. The first-order valence-corrected chi connectivity index (χ1v) is 8.18. The summed E-state index contributed by atoms with van der Waals surface area (Å²) >= 11 is 0. The van der Waals surface area contributed by atoms with Gasteiger partial charge >= 0.3 is 5.97 Å². The zero-order valence-corrected chi connectivity index (χ0v) is 13.7. The zero-order chi connectivity index (χ0) is 15.2. The van der Waals surface area contributed by atoms with Gasteiger partial charge in [-0.05, 0) is 20.5 Å². The topological polar surface area (TPSA) is 55.6 Å². The first-order valence-electron chi connectivity index (χ1n) is 8.18. The molecule has 0 saturated heterocycles. The van der Waals surface area contributed by atoms with Crippen LogP contribution in [0.4, 0.5) is 0 Å². The molecule has 1 unspecified atom stereocenters. The fourth-order valence-corrected chi connectivity index (χ4v) is 2.06. The van der Waals surface area contributed by atoms with Crippen LogP contribution in [0.3, 0.4) is 0 Å². The van der Waals surface area contributed by atoms with Gasteiger partial charge in [0, 0.05) is 0 Å². The lowest BCUT2D eigenvalue weighted by atomic mass is 10.1. The minimum atomic E-state index is -0.641. The molecule has 4 nitrogen and oxygen atoms in total. The number of ether oxygens (including phenoxy) is 1. The summed E-state index contributed by atoms with van der Waals surface area (Å²) in [5, 5.41) is 0. The van der Waals surface area contributed by atoms with Crippen LogP contribution >= 0.6 is 0 Å². The Kier molecular flexibility index (Phi) is 13.0. The highest BCUT2D eigenvalue weighted by atomic mass is 16.5. The summed E-state index contributed by atoms with van der Waals surface area (Å²) in [7, 11) is 3.54. The van der Waals surface area contributed by atoms with E-state index in [-0.39, 0.29) is 5.97 Å². The van der Waals surface area contributed by atoms with Gasteiger partial charge in [-0.15, -0.1) is 0 Å². The molecule has 0 aromatic carbocycles. The predicted molar refractivity (Wildman–Crippen MR) is 84.5 cm³/mol. The number of nitrogens with zero attached hydrogens (tertiary/aromatic N) is 1. The monoisotopic (exact) mass is 286 g/mol. The second kappa shape index (κ2) is 13.4. The van der Waals surface area contributed by atoms with E-state index in [2.05, 4.69) is 6.92 Å². The lowest BCUT2D eigenvalue weighted by Crippen LogP contribution is -2.44. The van der Waals surface area contributed by atoms with Crippen molar-refractivity contribution in [1.29, 1.82) is 0 Å². The van der Waals surface area contributed by atoms with E-state index in [1.54, 1.807) is 19.0 Å². The Bertz CT molecular complexity index is 233. The van der Waals surface area contributed by atoms with Crippen molar-refractivity contribution < 1.29 is 9.53 Å². The second-order valence-corrected chi connectivity index (χ2v) is 5.76. The first kappa shape index (κ1) is 19.4. The van der Waals surface area contributed by atoms with Gasteiger partial charge < -0.3 is 10.5 Å². The molecule has 0 amide bonds. The predicted octanol–water partition coefficient (Wildman–Crippen LogP) is 3.30. The van der Waals surface area contributed by atoms with Crippen LogP contribution in [0.2, 0.25) is 0 Å². The quantitative estimate of drug-likeness (QED) is 0.321. The third-order valence-electron chi connectivity index (χ3n) is 3.54. The Morgan fingerprint density at radius 1 is 0.950 bits per heavy atom. The molecule has 0 aliphatic rings. The Balaban J connectivity index is 3.23. The standard InChI is InChI=1S/C16H34N2O2/c1-4-5-6-7-8-9-10-11-12-13-14-20-16(19)15(17)18(2)3/h15H,4-14,17H2,1-3H3. The highest BCUT2D eigenvalue weighted by molar-refractivity contribution is 5.74. The van der Waals surface area contributed by atoms with E-state index in [1.807, 2.05) is 0 Å². The Labute approximate surface area is 125 Å². The van der Waals surface area contributed by atoms with Crippen molar-refractivity contribution in [3.8, 4) is 0 Å². The van der Waals surface area contributed by atoms with Crippen LogP contribution in [0.15, 0.2) is 0 Å². The average Bonchev–Trinajstić information content (AvgIpc) is 2.43. The van der Waals surface area contributed by atoms with Crippen LogP contribution in [-0.4, -0.2) is 37.7 Å². The van der Waals surface area contributed by atoms with E-state index in [0.29, 0.717) is 6.61 Å². The molecule has 0 bridgehead atoms. The van der Waals surface area contributed by atoms with E-state index in [9.17, 15) is 4.79 Å². The van der Waals surface area contributed by atoms with Gasteiger partial charge in [0.05, 0.1) is 6.61 Å². The van der Waals surface area contributed by atoms with Crippen LogP contribution < -0.4 is 5.73 Å². The van der Waals surface area contributed by atoms with E-state index in [1.165, 1.54) is 51.4 Å². The van der Waals surface area contributed by atoms with Gasteiger partial charge in [-0.3, -0.25) is 4.90 Å². The molecular formula is C16H34N2O2. The minimum absolute atomic E-state index is 0.328. The first-order chi connectivity index (χ1) is 9.59. The van der Waals surface area contributed by atoms with Crippen LogP contribution in [0.25, 0.3) is 0 Å². The van der Waals surface area contributed by atoms with Gasteiger partial charge in [-0.2, -0.15) is 0 Å². The Morgan fingerprint density at radius 2 is 1.40 bits per heavy atom. The third-order valence-corrected chi connectivity index (χ3v) is 3.54. The molecule has 0 aliphatic carbocycles. The summed E-state index contributed by atoms with van der Waals surface area (Å²) in [6.07, 6.45) is 12.2. The number of likely N-dealkylation sites (N-methyl/N-ethyl adjacent to an activating group) is 1. The fourth-order valence-electron chi connectivity index (χ4n) is 2.06. The lowest BCUT2D eigenvalue weighted by molar-refractivity contribution is -0.149. The van der Waals surface area contributed by atoms with Crippen molar-refractivity contribution in [2.75, 3.05) is 20.7 Å². The normalized spacial score (nSPS) is 12.7. The molecule has 20 heavy (non-hydrogen) atoms. The van der Waals surface area contributed by atoms with Crippen molar-refractivity contribution in [2.45, 2.75) is 77.3 Å². The molecule has 0 aromatic rings. The molecule has 0 radical (unpaired) electrons. The minimum Gasteiger partial charge on any atom is -0.464 e. The van der Waals surface area contributed by atoms with E-state index < -0.39 is 6.17 Å². The van der Waals surface area contributed by atoms with Gasteiger partial charge in [0.15, 0.2) is 6.17 Å². The number of hydrogen-bond acceptors (Lipinski definition) is 4. The smallest absolute Gasteiger partial charge is 0.338 e. The van der Waals surface area contributed by atoms with Gasteiger partial charge in [-0.1, -0.05) is 64.7 Å². The molecule has 2 N–H and O–H groups in total. The number of nitrogens with two attached hydrogens (primary N) is 1. The molecule has 0 heterocycles. The van der Waals surface area contributed by atoms with Gasteiger partial charge in [-0.25, -0.2) is 4.79 Å². The molecule has 1 atom stereocenters. The number of hydrogen-bond donors (Lipinski definition) is 1. The number of rotatable bonds is 13. The van der Waals surface area contributed by atoms with Crippen molar-refractivity contribution in [1.82, 2.24) is 4.90 Å². The van der Waals surface area contributed by atoms with Crippen LogP contribution in [0.5, 0.6) is 0 Å². The van der Waals surface area contributed by atoms with E-state index in [4.69, 9.17) is 10.5 Å². The Morgan fingerprint density at radius 3 is 1.85 bits per heavy atom.